The van der Waals surface area contributed by atoms with Crippen LogP contribution in [0.2, 0.25) is 0 Å². The number of para-hydroxylation sites is 2. The van der Waals surface area contributed by atoms with Gasteiger partial charge in [-0.1, -0.05) is 60.2 Å². The Hall–Kier alpha value is -5.80. The fourth-order valence-corrected chi connectivity index (χ4v) is 8.06. The molecule has 2 atom stereocenters. The predicted molar refractivity (Wildman–Crippen MR) is 190 cm³/mol. The molecule has 2 heterocycles. The Balaban J connectivity index is 1.39. The Morgan fingerprint density at radius 3 is 2.33 bits per heavy atom. The summed E-state index contributed by atoms with van der Waals surface area (Å²) in [6.45, 7) is 3.74. The average Bonchev–Trinajstić information content (AvgIpc) is 3.49. The molecular weight excluding hydrogens is 695 g/mol. The lowest BCUT2D eigenvalue weighted by atomic mass is 9.85. The number of imidazole rings is 1. The SMILES string of the molecule is Cc1cc(C)c(S(=O)(=O)NC(CN(CNc2nc3ccccc3[nH]2)C(=O)C2C(=O)c3cc(F)cc(F)c3N=C2Cc2ccccc2)C(=O)O)c(C)c1. The Bertz CT molecular complexity index is 2310. The molecule has 2 unspecified atom stereocenters. The smallest absolute Gasteiger partial charge is 0.323 e. The van der Waals surface area contributed by atoms with Crippen LogP contribution >= 0.6 is 0 Å². The maximum absolute atomic E-state index is 15.0. The van der Waals surface area contributed by atoms with Gasteiger partial charge in [0, 0.05) is 24.7 Å². The van der Waals surface area contributed by atoms with Gasteiger partial charge >= 0.3 is 5.97 Å². The third-order valence-corrected chi connectivity index (χ3v) is 10.4. The molecule has 0 radical (unpaired) electrons. The van der Waals surface area contributed by atoms with Crippen molar-refractivity contribution in [2.24, 2.45) is 10.9 Å². The van der Waals surface area contributed by atoms with Gasteiger partial charge in [-0.05, 0) is 55.7 Å². The third-order valence-electron chi connectivity index (χ3n) is 8.63. The summed E-state index contributed by atoms with van der Waals surface area (Å²) in [4.78, 5) is 54.0. The highest BCUT2D eigenvalue weighted by molar-refractivity contribution is 7.89. The number of carbonyl (C=O) groups is 3. The lowest BCUT2D eigenvalue weighted by Crippen LogP contribution is -2.54. The standard InChI is InChI=1S/C37H34F2N6O6S/c1-20-13-21(2)34(22(3)14-20)52(50,51)44-30(36(48)49)18-45(19-40-37-42-27-11-7-8-12-28(27)43-37)35(47)31-29(15-23-9-5-4-6-10-23)41-32-25(33(31)46)16-24(38)17-26(32)39/h4-14,16-17,30-31,44H,15,18-19H2,1-3H3,(H,48,49)(H2,40,42,43). The number of Topliss-reactive ketones (excluding diaryl/α,β-unsaturated/α-hetero) is 1. The number of carboxylic acid groups (broad SMARTS) is 1. The molecule has 1 amide bonds. The van der Waals surface area contributed by atoms with Crippen LogP contribution in [0.5, 0.6) is 0 Å². The highest BCUT2D eigenvalue weighted by Crippen LogP contribution is 2.34. The predicted octanol–water partition coefficient (Wildman–Crippen LogP) is 5.22. The summed E-state index contributed by atoms with van der Waals surface area (Å²) in [5.74, 6) is -7.22. The minimum atomic E-state index is -4.46. The molecule has 268 valence electrons. The maximum atomic E-state index is 15.0. The van der Waals surface area contributed by atoms with E-state index in [2.05, 4.69) is 25.0 Å². The summed E-state index contributed by atoms with van der Waals surface area (Å²) in [5.41, 5.74) is 2.51. The number of hydrogen-bond acceptors (Lipinski definition) is 8. The van der Waals surface area contributed by atoms with Crippen molar-refractivity contribution in [3.8, 4) is 0 Å². The van der Waals surface area contributed by atoms with Gasteiger partial charge in [0.25, 0.3) is 0 Å². The zero-order valence-electron chi connectivity index (χ0n) is 28.3. The van der Waals surface area contributed by atoms with Crippen molar-refractivity contribution in [1.82, 2.24) is 19.6 Å². The van der Waals surface area contributed by atoms with E-state index in [1.54, 1.807) is 87.5 Å². The summed E-state index contributed by atoms with van der Waals surface area (Å²) in [6.07, 6.45) is -0.0783. The fourth-order valence-electron chi connectivity index (χ4n) is 6.43. The summed E-state index contributed by atoms with van der Waals surface area (Å²) in [7, 11) is -4.46. The van der Waals surface area contributed by atoms with Crippen LogP contribution < -0.4 is 10.0 Å². The van der Waals surface area contributed by atoms with E-state index < -0.39 is 75.7 Å². The first-order chi connectivity index (χ1) is 24.7. The van der Waals surface area contributed by atoms with Gasteiger partial charge < -0.3 is 20.3 Å². The molecule has 1 aliphatic rings. The van der Waals surface area contributed by atoms with Crippen LogP contribution in [0.3, 0.4) is 0 Å². The average molecular weight is 729 g/mol. The summed E-state index contributed by atoms with van der Waals surface area (Å²) >= 11 is 0. The van der Waals surface area contributed by atoms with Gasteiger partial charge in [0.1, 0.15) is 23.5 Å². The molecule has 6 rings (SSSR count). The van der Waals surface area contributed by atoms with Gasteiger partial charge in [-0.2, -0.15) is 4.72 Å². The second kappa shape index (κ2) is 14.4. The van der Waals surface area contributed by atoms with Crippen molar-refractivity contribution >= 4 is 56.1 Å². The van der Waals surface area contributed by atoms with Crippen LogP contribution in [0.1, 0.15) is 32.6 Å². The van der Waals surface area contributed by atoms with Crippen molar-refractivity contribution in [1.29, 1.82) is 0 Å². The minimum Gasteiger partial charge on any atom is -0.480 e. The molecule has 4 N–H and O–H groups in total. The molecule has 4 aromatic carbocycles. The maximum Gasteiger partial charge on any atom is 0.323 e. The number of aliphatic imine (C=N–C) groups is 1. The van der Waals surface area contributed by atoms with Gasteiger partial charge in [0.2, 0.25) is 21.9 Å². The van der Waals surface area contributed by atoms with Gasteiger partial charge in [0.15, 0.2) is 11.6 Å². The Morgan fingerprint density at radius 2 is 1.65 bits per heavy atom. The summed E-state index contributed by atoms with van der Waals surface area (Å²) in [6, 6.07) is 18.5. The van der Waals surface area contributed by atoms with Crippen molar-refractivity contribution in [3.05, 3.63) is 118 Å². The van der Waals surface area contributed by atoms with Crippen molar-refractivity contribution < 1.29 is 36.7 Å². The Morgan fingerprint density at radius 1 is 0.981 bits per heavy atom. The Labute approximate surface area is 297 Å². The lowest BCUT2D eigenvalue weighted by Gasteiger charge is -2.31. The number of fused-ring (bicyclic) bond motifs is 2. The minimum absolute atomic E-state index is 0.0636. The number of nitrogens with zero attached hydrogens (tertiary/aromatic N) is 3. The molecule has 12 nitrogen and oxygen atoms in total. The number of aromatic amines is 1. The molecule has 5 aromatic rings. The van der Waals surface area contributed by atoms with E-state index in [0.29, 0.717) is 33.8 Å². The number of sulfonamides is 1. The number of amides is 1. The topological polar surface area (TPSA) is 174 Å². The van der Waals surface area contributed by atoms with E-state index in [1.165, 1.54) is 0 Å². The summed E-state index contributed by atoms with van der Waals surface area (Å²) in [5, 5.41) is 13.2. The van der Waals surface area contributed by atoms with E-state index in [0.717, 1.165) is 16.5 Å². The molecule has 1 aliphatic heterocycles. The van der Waals surface area contributed by atoms with Crippen LogP contribution in [-0.4, -0.2) is 71.0 Å². The van der Waals surface area contributed by atoms with Crippen LogP contribution in [0, 0.1) is 38.3 Å². The zero-order chi connectivity index (χ0) is 37.3. The number of anilines is 1. The number of carboxylic acids is 1. The molecule has 0 spiro atoms. The number of halogens is 2. The van der Waals surface area contributed by atoms with Gasteiger partial charge in [-0.25, -0.2) is 22.2 Å². The van der Waals surface area contributed by atoms with Gasteiger partial charge in [-0.3, -0.25) is 19.4 Å². The second-order valence-corrected chi connectivity index (χ2v) is 14.2. The number of carbonyl (C=O) groups excluding carboxylic acids is 2. The van der Waals surface area contributed by atoms with Crippen LogP contribution in [-0.2, 0) is 26.0 Å². The highest BCUT2D eigenvalue weighted by atomic mass is 32.2. The highest BCUT2D eigenvalue weighted by Gasteiger charge is 2.42. The van der Waals surface area contributed by atoms with Crippen LogP contribution in [0.15, 0.2) is 88.8 Å². The van der Waals surface area contributed by atoms with Gasteiger partial charge in [-0.15, -0.1) is 0 Å². The van der Waals surface area contributed by atoms with Crippen LogP contribution in [0.25, 0.3) is 11.0 Å². The fraction of sp³-hybridized carbons (Fsp3) is 0.216. The molecule has 0 bridgehead atoms. The molecular formula is C37H34F2N6O6S. The first-order valence-electron chi connectivity index (χ1n) is 16.2. The van der Waals surface area contributed by atoms with Gasteiger partial charge in [0.05, 0.1) is 28.2 Å². The number of hydrogen-bond donors (Lipinski definition) is 4. The summed E-state index contributed by atoms with van der Waals surface area (Å²) < 4.78 is 59.0. The quantitative estimate of drug-likeness (QED) is 0.0999. The van der Waals surface area contributed by atoms with E-state index in [-0.39, 0.29) is 23.0 Å². The van der Waals surface area contributed by atoms with E-state index in [9.17, 15) is 36.7 Å². The van der Waals surface area contributed by atoms with E-state index in [4.69, 9.17) is 0 Å². The lowest BCUT2D eigenvalue weighted by molar-refractivity contribution is -0.140. The number of nitrogens with one attached hydrogen (secondary N) is 3. The number of benzene rings is 4. The first kappa shape index (κ1) is 36.0. The number of aliphatic carboxylic acids is 1. The third kappa shape index (κ3) is 7.45. The normalized spacial score (nSPS) is 14.8. The zero-order valence-corrected chi connectivity index (χ0v) is 29.1. The van der Waals surface area contributed by atoms with Crippen molar-refractivity contribution in [2.45, 2.75) is 38.1 Å². The molecule has 15 heteroatoms. The van der Waals surface area contributed by atoms with Crippen LogP contribution in [0.4, 0.5) is 20.4 Å². The Kier molecular flexibility index (Phi) is 10.00. The van der Waals surface area contributed by atoms with E-state index in [1.807, 2.05) is 0 Å². The van der Waals surface area contributed by atoms with E-state index >= 15 is 0 Å². The molecule has 1 aromatic heterocycles. The first-order valence-corrected chi connectivity index (χ1v) is 17.6. The number of ketones is 1. The molecule has 52 heavy (non-hydrogen) atoms. The number of aromatic nitrogens is 2. The molecule has 0 aliphatic carbocycles. The number of rotatable bonds is 12. The second-order valence-electron chi connectivity index (χ2n) is 12.6. The van der Waals surface area contributed by atoms with Crippen molar-refractivity contribution in [2.75, 3.05) is 18.5 Å². The van der Waals surface area contributed by atoms with Crippen molar-refractivity contribution in [3.63, 3.8) is 0 Å². The molecule has 0 fully saturated rings. The molecule has 0 saturated heterocycles. The number of H-pyrrole nitrogens is 1. The molecule has 0 saturated carbocycles. The largest absolute Gasteiger partial charge is 0.480 e. The monoisotopic (exact) mass is 728 g/mol. The number of aryl methyl sites for hydroxylation is 3.